The molecule has 1 aliphatic rings. The van der Waals surface area contributed by atoms with Crippen molar-refractivity contribution in [3.8, 4) is 0 Å². The van der Waals surface area contributed by atoms with Crippen LogP contribution in [0.5, 0.6) is 0 Å². The molecule has 3 nitrogen and oxygen atoms in total. The highest BCUT2D eigenvalue weighted by atomic mass is 32.2. The molecule has 0 saturated heterocycles. The molecule has 0 amide bonds. The molecule has 21 heavy (non-hydrogen) atoms. The van der Waals surface area contributed by atoms with Crippen molar-refractivity contribution < 1.29 is 8.42 Å². The Bertz CT molecular complexity index is 547. The summed E-state index contributed by atoms with van der Waals surface area (Å²) < 4.78 is 27.2. The third-order valence-corrected chi connectivity index (χ3v) is 5.79. The first kappa shape index (κ1) is 16.2. The summed E-state index contributed by atoms with van der Waals surface area (Å²) in [4.78, 5) is 0.418. The number of benzene rings is 1. The van der Waals surface area contributed by atoms with Gasteiger partial charge in [-0.1, -0.05) is 29.8 Å². The van der Waals surface area contributed by atoms with Crippen molar-refractivity contribution in [2.45, 2.75) is 50.3 Å². The highest BCUT2D eigenvalue weighted by molar-refractivity contribution is 7.89. The van der Waals surface area contributed by atoms with Crippen LogP contribution in [0.2, 0.25) is 0 Å². The van der Waals surface area contributed by atoms with E-state index >= 15 is 0 Å². The second kappa shape index (κ2) is 7.76. The molecule has 116 valence electrons. The van der Waals surface area contributed by atoms with Crippen LogP contribution in [0.15, 0.2) is 41.3 Å². The van der Waals surface area contributed by atoms with Crippen LogP contribution >= 0.6 is 0 Å². The molecule has 0 N–H and O–H groups in total. The van der Waals surface area contributed by atoms with Crippen LogP contribution in [-0.4, -0.2) is 25.8 Å². The lowest BCUT2D eigenvalue weighted by atomic mass is 10.2. The monoisotopic (exact) mass is 307 g/mol. The number of hydrogen-bond acceptors (Lipinski definition) is 2. The Morgan fingerprint density at radius 3 is 1.90 bits per heavy atom. The maximum Gasteiger partial charge on any atom is 0.243 e. The smallest absolute Gasteiger partial charge is 0.207 e. The van der Waals surface area contributed by atoms with Gasteiger partial charge in [-0.15, -0.1) is 0 Å². The Balaban J connectivity index is 2.13. The van der Waals surface area contributed by atoms with E-state index in [9.17, 15) is 8.42 Å². The largest absolute Gasteiger partial charge is 0.243 e. The maximum atomic E-state index is 12.8. The van der Waals surface area contributed by atoms with E-state index in [0.717, 1.165) is 44.1 Å². The number of nitrogens with zero attached hydrogens (tertiary/aromatic N) is 1. The van der Waals surface area contributed by atoms with Gasteiger partial charge in [0, 0.05) is 13.1 Å². The minimum absolute atomic E-state index is 0.418. The van der Waals surface area contributed by atoms with Gasteiger partial charge in [-0.2, -0.15) is 4.31 Å². The zero-order valence-electron chi connectivity index (χ0n) is 12.8. The van der Waals surface area contributed by atoms with Gasteiger partial charge in [0.1, 0.15) is 0 Å². The zero-order chi connectivity index (χ0) is 15.1. The van der Waals surface area contributed by atoms with Crippen LogP contribution in [-0.2, 0) is 10.0 Å². The Labute approximate surface area is 128 Å². The van der Waals surface area contributed by atoms with E-state index in [1.54, 1.807) is 16.4 Å². The topological polar surface area (TPSA) is 37.4 Å². The summed E-state index contributed by atoms with van der Waals surface area (Å²) in [7, 11) is -3.35. The van der Waals surface area contributed by atoms with E-state index in [1.807, 2.05) is 19.1 Å². The Hall–Kier alpha value is -1.13. The average molecular weight is 307 g/mol. The van der Waals surface area contributed by atoms with Gasteiger partial charge in [0.2, 0.25) is 10.0 Å². The summed E-state index contributed by atoms with van der Waals surface area (Å²) in [5, 5.41) is 0. The van der Waals surface area contributed by atoms with E-state index in [4.69, 9.17) is 0 Å². The number of aryl methyl sites for hydroxylation is 1. The number of allylic oxidation sites excluding steroid dienone is 2. The fraction of sp³-hybridized carbons (Fsp3) is 0.529. The molecule has 1 heterocycles. The number of rotatable bonds is 2. The number of sulfonamides is 1. The van der Waals surface area contributed by atoms with Crippen LogP contribution in [0.4, 0.5) is 0 Å². The molecule has 2 rings (SSSR count). The van der Waals surface area contributed by atoms with Crippen LogP contribution in [0.1, 0.15) is 44.1 Å². The van der Waals surface area contributed by atoms with E-state index in [1.165, 1.54) is 0 Å². The summed E-state index contributed by atoms with van der Waals surface area (Å²) >= 11 is 0. The van der Waals surface area contributed by atoms with Crippen LogP contribution in [0.3, 0.4) is 0 Å². The second-order valence-electron chi connectivity index (χ2n) is 5.68. The third-order valence-electron chi connectivity index (χ3n) is 3.88. The lowest BCUT2D eigenvalue weighted by molar-refractivity contribution is 0.392. The first-order valence-electron chi connectivity index (χ1n) is 7.82. The standard InChI is InChI=1S/C17H25NO2S/c1-16-10-12-17(13-11-16)21(19,20)18-14-8-6-4-2-3-5-7-9-15-18/h2-3,10-13H,4-9,14-15H2,1H3/b3-2+. The lowest BCUT2D eigenvalue weighted by Gasteiger charge is -2.22. The molecule has 0 unspecified atom stereocenters. The Kier molecular flexibility index (Phi) is 6.00. The Morgan fingerprint density at radius 2 is 1.38 bits per heavy atom. The fourth-order valence-electron chi connectivity index (χ4n) is 2.55. The van der Waals surface area contributed by atoms with Gasteiger partial charge >= 0.3 is 0 Å². The van der Waals surface area contributed by atoms with Gasteiger partial charge in [-0.25, -0.2) is 8.42 Å². The molecule has 0 aliphatic carbocycles. The van der Waals surface area contributed by atoms with Crippen LogP contribution < -0.4 is 0 Å². The highest BCUT2D eigenvalue weighted by Gasteiger charge is 2.23. The molecule has 0 saturated carbocycles. The van der Waals surface area contributed by atoms with Crippen molar-refractivity contribution in [1.82, 2.24) is 4.31 Å². The molecule has 1 aromatic carbocycles. The molecular weight excluding hydrogens is 282 g/mol. The van der Waals surface area contributed by atoms with Crippen molar-refractivity contribution in [2.24, 2.45) is 0 Å². The van der Waals surface area contributed by atoms with Gasteiger partial charge in [-0.3, -0.25) is 0 Å². The third kappa shape index (κ3) is 4.68. The molecule has 1 aromatic rings. The van der Waals surface area contributed by atoms with Gasteiger partial charge in [0.05, 0.1) is 4.90 Å². The van der Waals surface area contributed by atoms with Crippen molar-refractivity contribution in [3.05, 3.63) is 42.0 Å². The molecule has 1 aliphatic heterocycles. The molecule has 0 radical (unpaired) electrons. The summed E-state index contributed by atoms with van der Waals surface area (Å²) in [6.07, 6.45) is 10.5. The van der Waals surface area contributed by atoms with Gasteiger partial charge in [0.25, 0.3) is 0 Å². The first-order valence-corrected chi connectivity index (χ1v) is 9.26. The van der Waals surface area contributed by atoms with Crippen molar-refractivity contribution >= 4 is 10.0 Å². The summed E-state index contributed by atoms with van der Waals surface area (Å²) in [6, 6.07) is 7.17. The normalized spacial score (nSPS) is 20.6. The molecular formula is C17H25NO2S. The van der Waals surface area contributed by atoms with Gasteiger partial charge in [-0.05, 0) is 57.6 Å². The molecule has 0 atom stereocenters. The fourth-order valence-corrected chi connectivity index (χ4v) is 4.06. The molecule has 0 bridgehead atoms. The summed E-state index contributed by atoms with van der Waals surface area (Å²) in [6.45, 7) is 3.23. The van der Waals surface area contributed by atoms with Gasteiger partial charge < -0.3 is 0 Å². The van der Waals surface area contributed by atoms with Crippen LogP contribution in [0, 0.1) is 6.92 Å². The van der Waals surface area contributed by atoms with E-state index in [0.29, 0.717) is 18.0 Å². The lowest BCUT2D eigenvalue weighted by Crippen LogP contribution is -2.33. The highest BCUT2D eigenvalue weighted by Crippen LogP contribution is 2.19. The SMILES string of the molecule is Cc1ccc(S(=O)(=O)N2CCCC/C=C/CCCC2)cc1. The zero-order valence-corrected chi connectivity index (χ0v) is 13.6. The quantitative estimate of drug-likeness (QED) is 0.777. The van der Waals surface area contributed by atoms with E-state index in [-0.39, 0.29) is 0 Å². The minimum atomic E-state index is -3.35. The van der Waals surface area contributed by atoms with Crippen molar-refractivity contribution in [1.29, 1.82) is 0 Å². The Morgan fingerprint density at radius 1 is 0.857 bits per heavy atom. The van der Waals surface area contributed by atoms with Gasteiger partial charge in [0.15, 0.2) is 0 Å². The second-order valence-corrected chi connectivity index (χ2v) is 7.62. The maximum absolute atomic E-state index is 12.8. The molecule has 0 aromatic heterocycles. The van der Waals surface area contributed by atoms with E-state index in [2.05, 4.69) is 12.2 Å². The predicted molar refractivity (Wildman–Crippen MR) is 86.8 cm³/mol. The minimum Gasteiger partial charge on any atom is -0.207 e. The molecule has 0 fully saturated rings. The van der Waals surface area contributed by atoms with Crippen molar-refractivity contribution in [2.75, 3.05) is 13.1 Å². The van der Waals surface area contributed by atoms with Crippen LogP contribution in [0.25, 0.3) is 0 Å². The average Bonchev–Trinajstić information content (AvgIpc) is 2.53. The molecule has 4 heteroatoms. The predicted octanol–water partition coefficient (Wildman–Crippen LogP) is 3.90. The summed E-state index contributed by atoms with van der Waals surface area (Å²) in [5.74, 6) is 0. The summed E-state index contributed by atoms with van der Waals surface area (Å²) in [5.41, 5.74) is 1.08. The van der Waals surface area contributed by atoms with E-state index < -0.39 is 10.0 Å². The molecule has 0 spiro atoms. The first-order chi connectivity index (χ1) is 10.1. The van der Waals surface area contributed by atoms with Crippen molar-refractivity contribution in [3.63, 3.8) is 0 Å². The number of hydrogen-bond donors (Lipinski definition) is 0.